The zero-order valence-corrected chi connectivity index (χ0v) is 11.7. The highest BCUT2D eigenvalue weighted by Gasteiger charge is 2.42. The maximum Gasteiger partial charge on any atom is 0.00622 e. The number of hydrogen-bond donors (Lipinski definition) is 1. The number of allylic oxidation sites excluding steroid dienone is 1. The Morgan fingerprint density at radius 3 is 2.82 bits per heavy atom. The van der Waals surface area contributed by atoms with Crippen molar-refractivity contribution >= 4 is 0 Å². The number of hydrogen-bond acceptors (Lipinski definition) is 1. The molecule has 2 aliphatic rings. The first-order valence-corrected chi connectivity index (χ1v) is 7.70. The van der Waals surface area contributed by atoms with Crippen LogP contribution in [0.5, 0.6) is 0 Å². The van der Waals surface area contributed by atoms with Crippen LogP contribution in [0.25, 0.3) is 0 Å². The Kier molecular flexibility index (Phi) is 4.67. The molecule has 0 saturated heterocycles. The molecule has 0 radical (unpaired) electrons. The summed E-state index contributed by atoms with van der Waals surface area (Å²) in [7, 11) is 0. The summed E-state index contributed by atoms with van der Waals surface area (Å²) in [5.74, 6) is 0.885. The summed E-state index contributed by atoms with van der Waals surface area (Å²) in [5, 5.41) is 3.70. The molecule has 0 amide bonds. The van der Waals surface area contributed by atoms with Crippen molar-refractivity contribution in [3.63, 3.8) is 0 Å². The van der Waals surface area contributed by atoms with Gasteiger partial charge in [0.2, 0.25) is 0 Å². The van der Waals surface area contributed by atoms with Crippen molar-refractivity contribution in [1.82, 2.24) is 5.32 Å². The van der Waals surface area contributed by atoms with Crippen LogP contribution in [0, 0.1) is 11.3 Å². The first-order valence-electron chi connectivity index (χ1n) is 7.70. The Morgan fingerprint density at radius 1 is 1.35 bits per heavy atom. The van der Waals surface area contributed by atoms with Gasteiger partial charge in [0.25, 0.3) is 0 Å². The summed E-state index contributed by atoms with van der Waals surface area (Å²) in [5.41, 5.74) is 2.33. The molecule has 2 rings (SSSR count). The van der Waals surface area contributed by atoms with E-state index in [4.69, 9.17) is 0 Å². The van der Waals surface area contributed by atoms with E-state index in [0.717, 1.165) is 5.92 Å². The lowest BCUT2D eigenvalue weighted by molar-refractivity contribution is 0.247. The van der Waals surface area contributed by atoms with Crippen molar-refractivity contribution in [3.8, 4) is 0 Å². The molecule has 1 saturated carbocycles. The van der Waals surface area contributed by atoms with E-state index < -0.39 is 0 Å². The molecular formula is C16H29N. The quantitative estimate of drug-likeness (QED) is 0.553. The molecule has 0 spiro atoms. The van der Waals surface area contributed by atoms with E-state index in [1.165, 1.54) is 64.5 Å². The molecule has 0 aromatic heterocycles. The molecule has 1 fully saturated rings. The lowest BCUT2D eigenvalue weighted by Crippen LogP contribution is -2.38. The van der Waals surface area contributed by atoms with Crippen molar-refractivity contribution < 1.29 is 0 Å². The topological polar surface area (TPSA) is 12.0 Å². The number of rotatable bonds is 5. The lowest BCUT2D eigenvalue weighted by Gasteiger charge is -2.38. The highest BCUT2D eigenvalue weighted by molar-refractivity contribution is 5.21. The van der Waals surface area contributed by atoms with Gasteiger partial charge in [0.15, 0.2) is 0 Å². The molecule has 1 nitrogen and oxygen atoms in total. The van der Waals surface area contributed by atoms with Crippen LogP contribution >= 0.6 is 0 Å². The van der Waals surface area contributed by atoms with E-state index in [1.54, 1.807) is 5.57 Å². The highest BCUT2D eigenvalue weighted by atomic mass is 14.9. The van der Waals surface area contributed by atoms with Gasteiger partial charge in [-0.05, 0) is 57.4 Å². The molecule has 0 heterocycles. The predicted octanol–water partition coefficient (Wildman–Crippen LogP) is 4.29. The van der Waals surface area contributed by atoms with Crippen LogP contribution < -0.4 is 5.32 Å². The summed E-state index contributed by atoms with van der Waals surface area (Å²) in [6.07, 6.45) is 13.7. The molecule has 0 aromatic rings. The summed E-state index contributed by atoms with van der Waals surface area (Å²) in [6.45, 7) is 7.16. The fourth-order valence-electron chi connectivity index (χ4n) is 3.88. The van der Waals surface area contributed by atoms with Crippen LogP contribution in [0.1, 0.15) is 65.2 Å². The second-order valence-electron chi connectivity index (χ2n) is 6.10. The zero-order chi connectivity index (χ0) is 12.1. The lowest BCUT2D eigenvalue weighted by atomic mass is 9.69. The van der Waals surface area contributed by atoms with Gasteiger partial charge in [0, 0.05) is 12.0 Å². The molecule has 1 N–H and O–H groups in total. The van der Waals surface area contributed by atoms with Gasteiger partial charge in [-0.1, -0.05) is 31.9 Å². The molecule has 2 aliphatic carbocycles. The second kappa shape index (κ2) is 6.04. The van der Waals surface area contributed by atoms with E-state index in [9.17, 15) is 0 Å². The van der Waals surface area contributed by atoms with Gasteiger partial charge in [-0.3, -0.25) is 0 Å². The van der Waals surface area contributed by atoms with Gasteiger partial charge in [0.1, 0.15) is 0 Å². The van der Waals surface area contributed by atoms with Crippen LogP contribution in [0.3, 0.4) is 0 Å². The summed E-state index contributed by atoms with van der Waals surface area (Å²) >= 11 is 0. The van der Waals surface area contributed by atoms with Gasteiger partial charge in [-0.2, -0.15) is 0 Å². The fourth-order valence-corrected chi connectivity index (χ4v) is 3.88. The third-order valence-electron chi connectivity index (χ3n) is 5.00. The first kappa shape index (κ1) is 13.1. The third kappa shape index (κ3) is 2.76. The molecular weight excluding hydrogens is 206 g/mol. The minimum absolute atomic E-state index is 0.523. The monoisotopic (exact) mass is 235 g/mol. The normalized spacial score (nSPS) is 33.8. The molecule has 2 atom stereocenters. The standard InChI is InChI=1S/C16H29N/c1-3-12-17-13-16(11-7-8-14(16)2)15-9-5-4-6-10-15/h9,14,17H,3-8,10-13H2,1-2H3. The van der Waals surface area contributed by atoms with Gasteiger partial charge >= 0.3 is 0 Å². The molecule has 1 heteroatoms. The third-order valence-corrected chi connectivity index (χ3v) is 5.00. The molecule has 0 aliphatic heterocycles. The Labute approximate surface area is 107 Å². The van der Waals surface area contributed by atoms with Gasteiger partial charge in [-0.15, -0.1) is 0 Å². The van der Waals surface area contributed by atoms with Crippen molar-refractivity contribution in [3.05, 3.63) is 11.6 Å². The molecule has 0 aromatic carbocycles. The summed E-state index contributed by atoms with van der Waals surface area (Å²) in [6, 6.07) is 0. The number of nitrogens with one attached hydrogen (secondary N) is 1. The van der Waals surface area contributed by atoms with E-state index >= 15 is 0 Å². The predicted molar refractivity (Wildman–Crippen MR) is 75.2 cm³/mol. The minimum atomic E-state index is 0.523. The van der Waals surface area contributed by atoms with Gasteiger partial charge in [0.05, 0.1) is 0 Å². The summed E-state index contributed by atoms with van der Waals surface area (Å²) in [4.78, 5) is 0. The molecule has 2 unspecified atom stereocenters. The smallest absolute Gasteiger partial charge is 0.00622 e. The maximum absolute atomic E-state index is 3.70. The van der Waals surface area contributed by atoms with E-state index in [-0.39, 0.29) is 0 Å². The minimum Gasteiger partial charge on any atom is -0.316 e. The van der Waals surface area contributed by atoms with Crippen LogP contribution in [0.2, 0.25) is 0 Å². The van der Waals surface area contributed by atoms with Crippen molar-refractivity contribution in [2.24, 2.45) is 11.3 Å². The second-order valence-corrected chi connectivity index (χ2v) is 6.10. The molecule has 17 heavy (non-hydrogen) atoms. The van der Waals surface area contributed by atoms with E-state index in [2.05, 4.69) is 25.2 Å². The average Bonchev–Trinajstić information content (AvgIpc) is 2.74. The molecule has 0 bridgehead atoms. The fraction of sp³-hybridized carbons (Fsp3) is 0.875. The van der Waals surface area contributed by atoms with Crippen LogP contribution in [0.15, 0.2) is 11.6 Å². The van der Waals surface area contributed by atoms with Crippen molar-refractivity contribution in [1.29, 1.82) is 0 Å². The largest absolute Gasteiger partial charge is 0.316 e. The summed E-state index contributed by atoms with van der Waals surface area (Å²) < 4.78 is 0. The van der Waals surface area contributed by atoms with Crippen molar-refractivity contribution in [2.45, 2.75) is 65.2 Å². The van der Waals surface area contributed by atoms with E-state index in [1.807, 2.05) is 0 Å². The average molecular weight is 235 g/mol. The highest BCUT2D eigenvalue weighted by Crippen LogP contribution is 2.50. The van der Waals surface area contributed by atoms with Crippen LogP contribution in [-0.2, 0) is 0 Å². The van der Waals surface area contributed by atoms with Crippen LogP contribution in [0.4, 0.5) is 0 Å². The molecule has 98 valence electrons. The Balaban J connectivity index is 2.08. The Hall–Kier alpha value is -0.300. The van der Waals surface area contributed by atoms with Gasteiger partial charge in [-0.25, -0.2) is 0 Å². The zero-order valence-electron chi connectivity index (χ0n) is 11.7. The van der Waals surface area contributed by atoms with Gasteiger partial charge < -0.3 is 5.32 Å². The maximum atomic E-state index is 3.70. The Bertz CT molecular complexity index is 269. The van der Waals surface area contributed by atoms with E-state index in [0.29, 0.717) is 5.41 Å². The Morgan fingerprint density at radius 2 is 2.24 bits per heavy atom. The SMILES string of the molecule is CCCNCC1(C2=CCCCC2)CCCC1C. The van der Waals surface area contributed by atoms with Crippen molar-refractivity contribution in [2.75, 3.05) is 13.1 Å². The first-order chi connectivity index (χ1) is 8.29. The van der Waals surface area contributed by atoms with Crippen LogP contribution in [-0.4, -0.2) is 13.1 Å².